The van der Waals surface area contributed by atoms with Gasteiger partial charge in [-0.2, -0.15) is 4.31 Å². The van der Waals surface area contributed by atoms with Gasteiger partial charge >= 0.3 is 0 Å². The first-order valence-electron chi connectivity index (χ1n) is 9.83. The smallest absolute Gasteiger partial charge is 0.251 e. The lowest BCUT2D eigenvalue weighted by Crippen LogP contribution is -2.30. The molecule has 0 radical (unpaired) electrons. The summed E-state index contributed by atoms with van der Waals surface area (Å²) in [5.41, 5.74) is 3.28. The lowest BCUT2D eigenvalue weighted by molar-refractivity contribution is 0.0939. The highest BCUT2D eigenvalue weighted by atomic mass is 32.2. The van der Waals surface area contributed by atoms with Crippen LogP contribution in [0.3, 0.4) is 0 Å². The fourth-order valence-electron chi connectivity index (χ4n) is 3.49. The topological polar surface area (TPSA) is 66.5 Å². The van der Waals surface area contributed by atoms with Crippen LogP contribution >= 0.6 is 0 Å². The zero-order valence-corrected chi connectivity index (χ0v) is 17.6. The molecule has 1 aliphatic rings. The standard InChI is InChI=1S/C22H28N2O3S/c1-4-18-8-11-19(12-9-18)17(3)23-22(25)20-10-7-16(2)21(15-20)28(26,27)24-13-5-6-14-24/h7-12,15,17H,4-6,13-14H2,1-3H3,(H,23,25). The van der Waals surface area contributed by atoms with Crippen molar-refractivity contribution in [1.29, 1.82) is 0 Å². The quantitative estimate of drug-likeness (QED) is 0.801. The van der Waals surface area contributed by atoms with E-state index in [0.29, 0.717) is 24.2 Å². The highest BCUT2D eigenvalue weighted by Gasteiger charge is 2.29. The second-order valence-electron chi connectivity index (χ2n) is 7.38. The highest BCUT2D eigenvalue weighted by molar-refractivity contribution is 7.89. The molecule has 28 heavy (non-hydrogen) atoms. The Kier molecular flexibility index (Phi) is 6.20. The second-order valence-corrected chi connectivity index (χ2v) is 9.29. The summed E-state index contributed by atoms with van der Waals surface area (Å²) < 4.78 is 27.4. The first-order valence-corrected chi connectivity index (χ1v) is 11.3. The number of nitrogens with zero attached hydrogens (tertiary/aromatic N) is 1. The number of aryl methyl sites for hydroxylation is 2. The SMILES string of the molecule is CCc1ccc(C(C)NC(=O)c2ccc(C)c(S(=O)(=O)N3CCCC3)c2)cc1. The molecule has 1 heterocycles. The van der Waals surface area contributed by atoms with Crippen molar-refractivity contribution in [1.82, 2.24) is 9.62 Å². The van der Waals surface area contributed by atoms with Crippen molar-refractivity contribution in [3.05, 3.63) is 64.7 Å². The molecule has 150 valence electrons. The van der Waals surface area contributed by atoms with Gasteiger partial charge in [-0.25, -0.2) is 8.42 Å². The summed E-state index contributed by atoms with van der Waals surface area (Å²) in [6.45, 7) is 6.88. The number of carbonyl (C=O) groups excluding carboxylic acids is 1. The summed E-state index contributed by atoms with van der Waals surface area (Å²) in [5, 5.41) is 2.97. The average Bonchev–Trinajstić information content (AvgIpc) is 3.24. The van der Waals surface area contributed by atoms with Crippen molar-refractivity contribution in [3.63, 3.8) is 0 Å². The monoisotopic (exact) mass is 400 g/mol. The zero-order valence-electron chi connectivity index (χ0n) is 16.7. The van der Waals surface area contributed by atoms with Gasteiger partial charge in [0.05, 0.1) is 10.9 Å². The maximum absolute atomic E-state index is 12.9. The van der Waals surface area contributed by atoms with E-state index in [9.17, 15) is 13.2 Å². The Bertz CT molecular complexity index is 946. The number of sulfonamides is 1. The third kappa shape index (κ3) is 4.28. The number of hydrogen-bond donors (Lipinski definition) is 1. The van der Waals surface area contributed by atoms with Crippen molar-refractivity contribution in [3.8, 4) is 0 Å². The number of amides is 1. The number of nitrogens with one attached hydrogen (secondary N) is 1. The van der Waals surface area contributed by atoms with E-state index in [-0.39, 0.29) is 16.8 Å². The van der Waals surface area contributed by atoms with E-state index in [1.807, 2.05) is 19.1 Å². The molecule has 0 bridgehead atoms. The normalized spacial score (nSPS) is 16.1. The van der Waals surface area contributed by atoms with Crippen LogP contribution in [0, 0.1) is 6.92 Å². The molecule has 2 aromatic carbocycles. The lowest BCUT2D eigenvalue weighted by atomic mass is 10.0. The molecule has 3 rings (SSSR count). The van der Waals surface area contributed by atoms with E-state index in [1.54, 1.807) is 19.1 Å². The summed E-state index contributed by atoms with van der Waals surface area (Å²) in [6.07, 6.45) is 2.73. The van der Waals surface area contributed by atoms with Gasteiger partial charge in [0.15, 0.2) is 0 Å². The maximum Gasteiger partial charge on any atom is 0.251 e. The third-order valence-electron chi connectivity index (χ3n) is 5.37. The summed E-state index contributed by atoms with van der Waals surface area (Å²) in [7, 11) is -3.56. The van der Waals surface area contributed by atoms with Gasteiger partial charge in [0, 0.05) is 18.7 Å². The summed E-state index contributed by atoms with van der Waals surface area (Å²) >= 11 is 0. The molecule has 1 aliphatic heterocycles. The molecule has 1 N–H and O–H groups in total. The lowest BCUT2D eigenvalue weighted by Gasteiger charge is -2.19. The molecule has 0 spiro atoms. The Morgan fingerprint density at radius 2 is 1.75 bits per heavy atom. The molecule has 1 unspecified atom stereocenters. The molecule has 2 aromatic rings. The molecule has 6 heteroatoms. The van der Waals surface area contributed by atoms with Crippen LogP contribution in [0.25, 0.3) is 0 Å². The minimum absolute atomic E-state index is 0.168. The second kappa shape index (κ2) is 8.45. The first-order chi connectivity index (χ1) is 13.3. The van der Waals surface area contributed by atoms with Crippen molar-refractivity contribution < 1.29 is 13.2 Å². The minimum Gasteiger partial charge on any atom is -0.346 e. The molecule has 0 aromatic heterocycles. The van der Waals surface area contributed by atoms with Gasteiger partial charge < -0.3 is 5.32 Å². The zero-order chi connectivity index (χ0) is 20.3. The molecule has 1 fully saturated rings. The van der Waals surface area contributed by atoms with E-state index in [1.165, 1.54) is 15.9 Å². The Morgan fingerprint density at radius 1 is 1.11 bits per heavy atom. The van der Waals surface area contributed by atoms with Crippen LogP contribution in [-0.2, 0) is 16.4 Å². The summed E-state index contributed by atoms with van der Waals surface area (Å²) in [5.74, 6) is -0.273. The van der Waals surface area contributed by atoms with Crippen molar-refractivity contribution >= 4 is 15.9 Å². The average molecular weight is 401 g/mol. The predicted molar refractivity (Wildman–Crippen MR) is 111 cm³/mol. The van der Waals surface area contributed by atoms with Gasteiger partial charge in [-0.1, -0.05) is 37.3 Å². The van der Waals surface area contributed by atoms with Gasteiger partial charge in [0.25, 0.3) is 5.91 Å². The van der Waals surface area contributed by atoms with Gasteiger partial charge in [-0.3, -0.25) is 4.79 Å². The Hall–Kier alpha value is -2.18. The van der Waals surface area contributed by atoms with Gasteiger partial charge in [-0.05, 0) is 61.9 Å². The molecule has 1 amide bonds. The maximum atomic E-state index is 12.9. The van der Waals surface area contributed by atoms with Crippen molar-refractivity contribution in [2.24, 2.45) is 0 Å². The van der Waals surface area contributed by atoms with Crippen LogP contribution in [0.15, 0.2) is 47.4 Å². The Balaban J connectivity index is 1.80. The number of benzene rings is 2. The van der Waals surface area contributed by atoms with E-state index in [4.69, 9.17) is 0 Å². The summed E-state index contributed by atoms with van der Waals surface area (Å²) in [6, 6.07) is 12.9. The Morgan fingerprint density at radius 3 is 2.36 bits per heavy atom. The molecule has 0 saturated carbocycles. The fraction of sp³-hybridized carbons (Fsp3) is 0.409. The summed E-state index contributed by atoms with van der Waals surface area (Å²) in [4.78, 5) is 13.0. The van der Waals surface area contributed by atoms with Crippen LogP contribution in [0.1, 0.15) is 59.8 Å². The first kappa shape index (κ1) is 20.6. The van der Waals surface area contributed by atoms with Gasteiger partial charge in [0.2, 0.25) is 10.0 Å². The van der Waals surface area contributed by atoms with Crippen molar-refractivity contribution in [2.75, 3.05) is 13.1 Å². The van der Waals surface area contributed by atoms with Crippen LogP contribution in [0.4, 0.5) is 0 Å². The molecule has 0 aliphatic carbocycles. The van der Waals surface area contributed by atoms with E-state index < -0.39 is 10.0 Å². The molecular formula is C22H28N2O3S. The van der Waals surface area contributed by atoms with E-state index >= 15 is 0 Å². The Labute approximate surface area is 167 Å². The number of carbonyl (C=O) groups is 1. The molecular weight excluding hydrogens is 372 g/mol. The number of rotatable bonds is 6. The largest absolute Gasteiger partial charge is 0.346 e. The third-order valence-corrected chi connectivity index (χ3v) is 7.41. The van der Waals surface area contributed by atoms with Crippen LogP contribution in [0.2, 0.25) is 0 Å². The van der Waals surface area contributed by atoms with Crippen molar-refractivity contribution in [2.45, 2.75) is 51.0 Å². The highest BCUT2D eigenvalue weighted by Crippen LogP contribution is 2.25. The van der Waals surface area contributed by atoms with Crippen LogP contribution in [-0.4, -0.2) is 31.7 Å². The fourth-order valence-corrected chi connectivity index (χ4v) is 5.26. The predicted octanol–water partition coefficient (Wildman–Crippen LogP) is 3.83. The van der Waals surface area contributed by atoms with E-state index in [0.717, 1.165) is 24.8 Å². The van der Waals surface area contributed by atoms with E-state index in [2.05, 4.69) is 24.4 Å². The van der Waals surface area contributed by atoms with Gasteiger partial charge in [0.1, 0.15) is 0 Å². The molecule has 5 nitrogen and oxygen atoms in total. The minimum atomic E-state index is -3.56. The van der Waals surface area contributed by atoms with Crippen LogP contribution < -0.4 is 5.32 Å². The molecule has 1 atom stereocenters. The molecule has 1 saturated heterocycles. The van der Waals surface area contributed by atoms with Gasteiger partial charge in [-0.15, -0.1) is 0 Å². The number of hydrogen-bond acceptors (Lipinski definition) is 3. The van der Waals surface area contributed by atoms with Crippen LogP contribution in [0.5, 0.6) is 0 Å².